The lowest BCUT2D eigenvalue weighted by molar-refractivity contribution is 0.0250. The zero-order valence-electron chi connectivity index (χ0n) is 11.7. The third-order valence-electron chi connectivity index (χ3n) is 3.60. The fourth-order valence-corrected chi connectivity index (χ4v) is 2.31. The zero-order chi connectivity index (χ0) is 12.2. The van der Waals surface area contributed by atoms with Crippen LogP contribution in [0.2, 0.25) is 0 Å². The molecule has 0 saturated carbocycles. The first kappa shape index (κ1) is 15.0. The van der Waals surface area contributed by atoms with Crippen LogP contribution < -0.4 is 0 Å². The van der Waals surface area contributed by atoms with E-state index in [-0.39, 0.29) is 6.10 Å². The highest BCUT2D eigenvalue weighted by atomic mass is 16.3. The minimum atomic E-state index is -0.154. The lowest BCUT2D eigenvalue weighted by Gasteiger charge is -2.32. The van der Waals surface area contributed by atoms with Crippen LogP contribution in [0.1, 0.15) is 61.3 Å². The predicted octanol–water partition coefficient (Wildman–Crippen LogP) is 4.10. The van der Waals surface area contributed by atoms with Crippen LogP contribution in [0.25, 0.3) is 0 Å². The molecule has 0 fully saturated rings. The van der Waals surface area contributed by atoms with Crippen LogP contribution in [0.4, 0.5) is 0 Å². The molecule has 0 aromatic heterocycles. The van der Waals surface area contributed by atoms with Crippen LogP contribution >= 0.6 is 0 Å². The fraction of sp³-hybridized carbons (Fsp3) is 1.00. The summed E-state index contributed by atoms with van der Waals surface area (Å²) in [6.07, 6.45) is 2.09. The Labute approximate surface area is 96.3 Å². The standard InChI is InChI=1S/C14H30O/c1-8-10(2)12(4)13(15)11(3)9-14(5,6)7/h10-13,15H,8-9H2,1-7H3. The van der Waals surface area contributed by atoms with Crippen LogP contribution in [-0.2, 0) is 0 Å². The van der Waals surface area contributed by atoms with Crippen molar-refractivity contribution >= 4 is 0 Å². The molecule has 15 heavy (non-hydrogen) atoms. The molecular formula is C14H30O. The van der Waals surface area contributed by atoms with Crippen molar-refractivity contribution in [3.63, 3.8) is 0 Å². The second-order valence-electron chi connectivity index (χ2n) is 6.48. The van der Waals surface area contributed by atoms with Crippen molar-refractivity contribution in [2.24, 2.45) is 23.2 Å². The first-order valence-electron chi connectivity index (χ1n) is 6.37. The van der Waals surface area contributed by atoms with Gasteiger partial charge < -0.3 is 5.11 Å². The molecule has 0 aromatic rings. The van der Waals surface area contributed by atoms with E-state index in [9.17, 15) is 5.11 Å². The van der Waals surface area contributed by atoms with E-state index in [1.807, 2.05) is 0 Å². The van der Waals surface area contributed by atoms with E-state index in [2.05, 4.69) is 48.5 Å². The molecule has 0 saturated heterocycles. The molecule has 0 aromatic carbocycles. The SMILES string of the molecule is CCC(C)C(C)C(O)C(C)CC(C)(C)C. The van der Waals surface area contributed by atoms with Crippen LogP contribution in [-0.4, -0.2) is 11.2 Å². The molecule has 0 radical (unpaired) electrons. The largest absolute Gasteiger partial charge is 0.393 e. The molecule has 4 atom stereocenters. The van der Waals surface area contributed by atoms with E-state index >= 15 is 0 Å². The summed E-state index contributed by atoms with van der Waals surface area (Å²) >= 11 is 0. The fourth-order valence-electron chi connectivity index (χ4n) is 2.31. The number of hydrogen-bond donors (Lipinski definition) is 1. The Kier molecular flexibility index (Phi) is 5.87. The Morgan fingerprint density at radius 1 is 1.00 bits per heavy atom. The highest BCUT2D eigenvalue weighted by Crippen LogP contribution is 2.31. The minimum absolute atomic E-state index is 0.154. The maximum absolute atomic E-state index is 10.3. The van der Waals surface area contributed by atoms with Crippen LogP contribution in [0, 0.1) is 23.2 Å². The molecule has 0 aliphatic rings. The number of hydrogen-bond acceptors (Lipinski definition) is 1. The maximum atomic E-state index is 10.3. The van der Waals surface area contributed by atoms with Gasteiger partial charge in [-0.1, -0.05) is 54.9 Å². The average Bonchev–Trinajstić information content (AvgIpc) is 2.11. The Morgan fingerprint density at radius 2 is 1.47 bits per heavy atom. The Hall–Kier alpha value is -0.0400. The monoisotopic (exact) mass is 214 g/mol. The first-order chi connectivity index (χ1) is 6.69. The highest BCUT2D eigenvalue weighted by Gasteiger charge is 2.27. The molecule has 4 unspecified atom stereocenters. The molecule has 1 nitrogen and oxygen atoms in total. The van der Waals surface area contributed by atoms with Crippen molar-refractivity contribution in [1.82, 2.24) is 0 Å². The summed E-state index contributed by atoms with van der Waals surface area (Å²) in [5, 5.41) is 10.3. The number of aliphatic hydroxyl groups excluding tert-OH is 1. The van der Waals surface area contributed by atoms with Crippen molar-refractivity contribution in [3.8, 4) is 0 Å². The van der Waals surface area contributed by atoms with Gasteiger partial charge in [-0.15, -0.1) is 0 Å². The number of aliphatic hydroxyl groups is 1. The minimum Gasteiger partial charge on any atom is -0.393 e. The molecule has 1 heteroatoms. The van der Waals surface area contributed by atoms with E-state index in [1.54, 1.807) is 0 Å². The summed E-state index contributed by atoms with van der Waals surface area (Å²) in [5.41, 5.74) is 0.315. The van der Waals surface area contributed by atoms with Gasteiger partial charge in [0.05, 0.1) is 6.10 Å². The molecular weight excluding hydrogens is 184 g/mol. The third-order valence-corrected chi connectivity index (χ3v) is 3.60. The van der Waals surface area contributed by atoms with Gasteiger partial charge >= 0.3 is 0 Å². The summed E-state index contributed by atoms with van der Waals surface area (Å²) in [4.78, 5) is 0. The van der Waals surface area contributed by atoms with Crippen molar-refractivity contribution in [1.29, 1.82) is 0 Å². The van der Waals surface area contributed by atoms with Crippen LogP contribution in [0.5, 0.6) is 0 Å². The summed E-state index contributed by atoms with van der Waals surface area (Å²) < 4.78 is 0. The van der Waals surface area contributed by atoms with E-state index in [0.29, 0.717) is 23.2 Å². The lowest BCUT2D eigenvalue weighted by atomic mass is 9.77. The molecule has 0 rings (SSSR count). The van der Waals surface area contributed by atoms with Crippen molar-refractivity contribution in [2.45, 2.75) is 67.4 Å². The second-order valence-corrected chi connectivity index (χ2v) is 6.48. The molecule has 0 heterocycles. The Morgan fingerprint density at radius 3 is 1.80 bits per heavy atom. The van der Waals surface area contributed by atoms with Gasteiger partial charge in [-0.05, 0) is 29.6 Å². The zero-order valence-corrected chi connectivity index (χ0v) is 11.7. The first-order valence-corrected chi connectivity index (χ1v) is 6.37. The van der Waals surface area contributed by atoms with Crippen LogP contribution in [0.3, 0.4) is 0 Å². The smallest absolute Gasteiger partial charge is 0.0594 e. The van der Waals surface area contributed by atoms with Crippen molar-refractivity contribution < 1.29 is 5.11 Å². The summed E-state index contributed by atoms with van der Waals surface area (Å²) in [5.74, 6) is 1.42. The lowest BCUT2D eigenvalue weighted by Crippen LogP contribution is -2.32. The predicted molar refractivity (Wildman–Crippen MR) is 67.9 cm³/mol. The topological polar surface area (TPSA) is 20.2 Å². The van der Waals surface area contributed by atoms with Crippen molar-refractivity contribution in [2.75, 3.05) is 0 Å². The average molecular weight is 214 g/mol. The van der Waals surface area contributed by atoms with E-state index in [0.717, 1.165) is 12.8 Å². The maximum Gasteiger partial charge on any atom is 0.0594 e. The van der Waals surface area contributed by atoms with Gasteiger partial charge in [0, 0.05) is 0 Å². The van der Waals surface area contributed by atoms with Gasteiger partial charge in [0.2, 0.25) is 0 Å². The van der Waals surface area contributed by atoms with Gasteiger partial charge in [-0.25, -0.2) is 0 Å². The Balaban J connectivity index is 4.25. The van der Waals surface area contributed by atoms with Gasteiger partial charge in [-0.3, -0.25) is 0 Å². The molecule has 0 bridgehead atoms. The third kappa shape index (κ3) is 5.55. The summed E-state index contributed by atoms with van der Waals surface area (Å²) in [6.45, 7) is 15.5. The van der Waals surface area contributed by atoms with Gasteiger partial charge in [-0.2, -0.15) is 0 Å². The molecule has 0 aliphatic carbocycles. The van der Waals surface area contributed by atoms with Gasteiger partial charge in [0.1, 0.15) is 0 Å². The highest BCUT2D eigenvalue weighted by molar-refractivity contribution is 4.77. The summed E-state index contributed by atoms with van der Waals surface area (Å²) in [6, 6.07) is 0. The molecule has 92 valence electrons. The van der Waals surface area contributed by atoms with Gasteiger partial charge in [0.15, 0.2) is 0 Å². The molecule has 0 aliphatic heterocycles. The quantitative estimate of drug-likeness (QED) is 0.730. The number of rotatable bonds is 5. The van der Waals surface area contributed by atoms with E-state index in [4.69, 9.17) is 0 Å². The molecule has 0 spiro atoms. The normalized spacial score (nSPS) is 20.8. The van der Waals surface area contributed by atoms with Gasteiger partial charge in [0.25, 0.3) is 0 Å². The van der Waals surface area contributed by atoms with E-state index in [1.165, 1.54) is 0 Å². The molecule has 0 amide bonds. The van der Waals surface area contributed by atoms with Crippen molar-refractivity contribution in [3.05, 3.63) is 0 Å². The van der Waals surface area contributed by atoms with E-state index < -0.39 is 0 Å². The summed E-state index contributed by atoms with van der Waals surface area (Å²) in [7, 11) is 0. The van der Waals surface area contributed by atoms with Crippen LogP contribution in [0.15, 0.2) is 0 Å². The molecule has 1 N–H and O–H groups in total. The Bertz CT molecular complexity index is 169. The second kappa shape index (κ2) is 5.89.